The van der Waals surface area contributed by atoms with E-state index < -0.39 is 14.7 Å². The average molecular weight is 202 g/mol. The van der Waals surface area contributed by atoms with E-state index in [1.807, 2.05) is 0 Å². The van der Waals surface area contributed by atoms with Gasteiger partial charge in [0.25, 0.3) is 0 Å². The van der Waals surface area contributed by atoms with E-state index in [-0.39, 0.29) is 21.7 Å². The fourth-order valence-electron chi connectivity index (χ4n) is 0. The predicted molar refractivity (Wildman–Crippen MR) is 17.6 cm³/mol. The van der Waals surface area contributed by atoms with Crippen molar-refractivity contribution in [2.45, 2.75) is 0 Å². The third-order valence-electron chi connectivity index (χ3n) is 0. The molecule has 0 saturated carbocycles. The zero-order valence-electron chi connectivity index (χ0n) is 2.13. The van der Waals surface area contributed by atoms with Crippen LogP contribution in [0.5, 0.6) is 0 Å². The van der Waals surface area contributed by atoms with Crippen LogP contribution in [-0.4, -0.2) is 0 Å². The van der Waals surface area contributed by atoms with Gasteiger partial charge in [-0.1, -0.05) is 0 Å². The van der Waals surface area contributed by atoms with Gasteiger partial charge < -0.3 is 0 Å². The molecule has 0 heterocycles. The molecule has 0 aromatic heterocycles. The maximum Gasteiger partial charge on any atom is 0 e. The Balaban J connectivity index is 0. The molecule has 0 aliphatic heterocycles. The van der Waals surface area contributed by atoms with Gasteiger partial charge in [0.1, 0.15) is 0 Å². The van der Waals surface area contributed by atoms with Crippen molar-refractivity contribution < 1.29 is 36.4 Å². The largest absolute Gasteiger partial charge is 0 e. The van der Waals surface area contributed by atoms with Crippen molar-refractivity contribution in [2.24, 2.45) is 0 Å². The van der Waals surface area contributed by atoms with E-state index in [1.165, 1.54) is 0 Å². The Bertz CT molecular complexity index is 9.61. The first-order valence-corrected chi connectivity index (χ1v) is 7.01. The second kappa shape index (κ2) is 6.30. The van der Waals surface area contributed by atoms with Crippen molar-refractivity contribution in [3.8, 4) is 0 Å². The maximum absolute atomic E-state index is 4.97. The Kier molecular flexibility index (Phi) is 13.0. The molecule has 0 aromatic carbocycles. The van der Waals surface area contributed by atoms with Gasteiger partial charge in [-0.25, -0.2) is 0 Å². The van der Waals surface area contributed by atoms with E-state index in [1.54, 1.807) is 0 Å². The number of rotatable bonds is 0. The summed E-state index contributed by atoms with van der Waals surface area (Å²) in [6, 6.07) is 0. The van der Waals surface area contributed by atoms with Crippen molar-refractivity contribution in [3.05, 3.63) is 0 Å². The molecule has 0 aliphatic rings. The van der Waals surface area contributed by atoms with Crippen molar-refractivity contribution in [3.63, 3.8) is 0 Å². The maximum atomic E-state index is 4.97. The van der Waals surface area contributed by atoms with Gasteiger partial charge >= 0.3 is 42.6 Å². The molecular weight excluding hydrogens is 202 g/mol. The minimum atomic E-state index is -1.92. The van der Waals surface area contributed by atoms with E-state index in [0.29, 0.717) is 0 Å². The molecule has 0 fully saturated rings. The SMILES string of the molecule is [Cl][Ti]([Cl])[Cl].[Ti]. The summed E-state index contributed by atoms with van der Waals surface area (Å²) in [5.41, 5.74) is 0. The second-order valence-electron chi connectivity index (χ2n) is 0.214. The summed E-state index contributed by atoms with van der Waals surface area (Å²) in [6.07, 6.45) is 0. The Hall–Kier alpha value is 2.30. The van der Waals surface area contributed by atoms with Gasteiger partial charge in [-0.05, 0) is 0 Å². The average Bonchev–Trinajstić information content (AvgIpc) is 0.811. The summed E-state index contributed by atoms with van der Waals surface area (Å²) in [4.78, 5) is 0. The molecule has 0 radical (unpaired) electrons. The molecule has 0 rings (SSSR count). The van der Waals surface area contributed by atoms with Crippen molar-refractivity contribution in [1.29, 1.82) is 0 Å². The molecule has 0 atom stereocenters. The van der Waals surface area contributed by atoms with E-state index in [0.717, 1.165) is 0 Å². The van der Waals surface area contributed by atoms with Gasteiger partial charge in [-0.15, -0.1) is 0 Å². The second-order valence-corrected chi connectivity index (χ2v) is 7.95. The molecule has 0 aromatic rings. The number of halogens is 3. The van der Waals surface area contributed by atoms with Crippen molar-refractivity contribution in [2.75, 3.05) is 0 Å². The molecule has 5 heteroatoms. The normalized spacial score (nSPS) is 5.40. The van der Waals surface area contributed by atoms with Gasteiger partial charge in [0.15, 0.2) is 0 Å². The van der Waals surface area contributed by atoms with Gasteiger partial charge in [-0.3, -0.25) is 0 Å². The van der Waals surface area contributed by atoms with E-state index in [4.69, 9.17) is 27.9 Å². The van der Waals surface area contributed by atoms with E-state index in [2.05, 4.69) is 0 Å². The molecule has 29 valence electrons. The Morgan fingerprint density at radius 1 is 1.00 bits per heavy atom. The van der Waals surface area contributed by atoms with Gasteiger partial charge in [-0.2, -0.15) is 0 Å². The first kappa shape index (κ1) is 10.3. The summed E-state index contributed by atoms with van der Waals surface area (Å²) < 4.78 is 0. The van der Waals surface area contributed by atoms with Crippen molar-refractivity contribution >= 4 is 27.9 Å². The molecule has 5 heavy (non-hydrogen) atoms. The summed E-state index contributed by atoms with van der Waals surface area (Å²) >= 11 is -1.92. The third-order valence-corrected chi connectivity index (χ3v) is 0. The molecule has 0 bridgehead atoms. The quantitative estimate of drug-likeness (QED) is 0.527. The third kappa shape index (κ3) is 22.0. The molecular formula is Cl3Ti2. The smallest absolute Gasteiger partial charge is 0 e. The van der Waals surface area contributed by atoms with Crippen LogP contribution in [0.25, 0.3) is 0 Å². The molecule has 0 unspecified atom stereocenters. The topological polar surface area (TPSA) is 0 Å². The fourth-order valence-corrected chi connectivity index (χ4v) is 0. The van der Waals surface area contributed by atoms with Crippen LogP contribution in [0.15, 0.2) is 0 Å². The Morgan fingerprint density at radius 2 is 1.00 bits per heavy atom. The van der Waals surface area contributed by atoms with Gasteiger partial charge in [0, 0.05) is 21.7 Å². The van der Waals surface area contributed by atoms with Crippen LogP contribution < -0.4 is 0 Å². The molecule has 0 aliphatic carbocycles. The standard InChI is InChI=1S/3ClH.2Ti/h3*1H;;/q;;;;+3/p-3. The monoisotopic (exact) mass is 201 g/mol. The first-order chi connectivity index (χ1) is 1.73. The van der Waals surface area contributed by atoms with Crippen LogP contribution in [0, 0.1) is 0 Å². The summed E-state index contributed by atoms with van der Waals surface area (Å²) in [5, 5.41) is 0. The zero-order valence-corrected chi connectivity index (χ0v) is 7.52. The van der Waals surface area contributed by atoms with E-state index >= 15 is 0 Å². The van der Waals surface area contributed by atoms with Gasteiger partial charge in [0.2, 0.25) is 0 Å². The van der Waals surface area contributed by atoms with Crippen LogP contribution >= 0.6 is 27.9 Å². The Morgan fingerprint density at radius 3 is 1.00 bits per heavy atom. The molecule has 0 amide bonds. The number of hydrogen-bond donors (Lipinski definition) is 0. The van der Waals surface area contributed by atoms with Crippen molar-refractivity contribution in [1.82, 2.24) is 0 Å². The Labute approximate surface area is 63.5 Å². The van der Waals surface area contributed by atoms with Crippen LogP contribution in [0.3, 0.4) is 0 Å². The number of hydrogen-bond acceptors (Lipinski definition) is 0. The first-order valence-electron chi connectivity index (χ1n) is 0.567. The molecule has 0 nitrogen and oxygen atoms in total. The minimum absolute atomic E-state index is 0. The molecule has 0 saturated heterocycles. The van der Waals surface area contributed by atoms with E-state index in [9.17, 15) is 0 Å². The summed E-state index contributed by atoms with van der Waals surface area (Å²) in [5.74, 6) is 0. The van der Waals surface area contributed by atoms with Crippen LogP contribution in [0.4, 0.5) is 0 Å². The zero-order chi connectivity index (χ0) is 3.58. The summed E-state index contributed by atoms with van der Waals surface area (Å²) in [7, 11) is 14.9. The minimum Gasteiger partial charge on any atom is 0 e. The van der Waals surface area contributed by atoms with Crippen LogP contribution in [0.2, 0.25) is 0 Å². The molecule has 0 N–H and O–H groups in total. The van der Waals surface area contributed by atoms with Crippen LogP contribution in [-0.2, 0) is 36.4 Å². The summed E-state index contributed by atoms with van der Waals surface area (Å²) in [6.45, 7) is 0. The predicted octanol–water partition coefficient (Wildman–Crippen LogP) is 2.06. The van der Waals surface area contributed by atoms with Crippen LogP contribution in [0.1, 0.15) is 0 Å². The fraction of sp³-hybridized carbons (Fsp3) is 0. The molecule has 0 spiro atoms. The van der Waals surface area contributed by atoms with Gasteiger partial charge in [0.05, 0.1) is 0 Å².